The van der Waals surface area contributed by atoms with Crippen molar-refractivity contribution in [1.82, 2.24) is 4.90 Å². The number of fused-ring (bicyclic) bond motifs is 2. The van der Waals surface area contributed by atoms with Crippen LogP contribution in [-0.2, 0) is 26.5 Å². The molecule has 2 fully saturated rings. The fraction of sp³-hybridized carbons (Fsp3) is 0.500. The Morgan fingerprint density at radius 2 is 1.95 bits per heavy atom. The Balaban J connectivity index is 1.54. The molecule has 0 saturated carbocycles. The summed E-state index contributed by atoms with van der Waals surface area (Å²) in [7, 11) is -3.36. The molecule has 2 aromatic rings. The fourth-order valence-electron chi connectivity index (χ4n) is 6.84. The van der Waals surface area contributed by atoms with Crippen LogP contribution in [0.3, 0.4) is 0 Å². The van der Waals surface area contributed by atoms with E-state index in [9.17, 15) is 14.7 Å². The van der Waals surface area contributed by atoms with Gasteiger partial charge in [0.2, 0.25) is 14.3 Å². The van der Waals surface area contributed by atoms with Crippen molar-refractivity contribution in [3.63, 3.8) is 0 Å². The lowest BCUT2D eigenvalue weighted by Gasteiger charge is -2.31. The van der Waals surface area contributed by atoms with Crippen molar-refractivity contribution in [3.8, 4) is 0 Å². The molecule has 5 rings (SSSR count). The van der Waals surface area contributed by atoms with Crippen LogP contribution < -0.4 is 4.90 Å². The molecule has 3 aliphatic heterocycles. The molecule has 2 aromatic carbocycles. The van der Waals surface area contributed by atoms with Gasteiger partial charge in [0.1, 0.15) is 0 Å². The smallest absolute Gasteiger partial charge is 0.264 e. The highest BCUT2D eigenvalue weighted by molar-refractivity contribution is 14.1. The van der Waals surface area contributed by atoms with Gasteiger partial charge in [-0.1, -0.05) is 19.1 Å². The largest absolute Gasteiger partial charge is 0.394 e. The van der Waals surface area contributed by atoms with Crippen LogP contribution in [0.15, 0.2) is 42.5 Å². The maximum absolute atomic E-state index is 16.0. The Kier molecular flexibility index (Phi) is 8.02. The summed E-state index contributed by atoms with van der Waals surface area (Å²) in [4.78, 5) is 31.3. The molecule has 0 unspecified atom stereocenters. The number of carbonyl (C=O) groups is 2. The van der Waals surface area contributed by atoms with E-state index in [-0.39, 0.29) is 30.9 Å². The molecule has 3 aliphatic rings. The summed E-state index contributed by atoms with van der Waals surface area (Å²) in [5, 5.41) is 9.74. The van der Waals surface area contributed by atoms with Crippen LogP contribution in [0.5, 0.6) is 0 Å². The number of likely N-dealkylation sites (tertiary alicyclic amines) is 1. The van der Waals surface area contributed by atoms with Crippen LogP contribution in [0.4, 0.5) is 9.80 Å². The Labute approximate surface area is 251 Å². The maximum Gasteiger partial charge on any atom is 0.264 e. The summed E-state index contributed by atoms with van der Waals surface area (Å²) < 4.78 is 24.8. The van der Waals surface area contributed by atoms with Crippen molar-refractivity contribution < 1.29 is 23.5 Å². The predicted octanol–water partition coefficient (Wildman–Crippen LogP) is 5.59. The van der Waals surface area contributed by atoms with Crippen molar-refractivity contribution in [2.45, 2.75) is 69.1 Å². The molecule has 1 spiro atoms. The van der Waals surface area contributed by atoms with Crippen molar-refractivity contribution in [2.24, 2.45) is 5.92 Å². The number of amides is 2. The molecule has 5 atom stereocenters. The van der Waals surface area contributed by atoms with E-state index >= 15 is 4.11 Å². The number of rotatable bonds is 6. The van der Waals surface area contributed by atoms with Crippen molar-refractivity contribution in [1.29, 1.82) is 0 Å². The summed E-state index contributed by atoms with van der Waals surface area (Å²) in [6, 6.07) is 13.7. The molecule has 2 saturated heterocycles. The minimum Gasteiger partial charge on any atom is -0.394 e. The highest BCUT2D eigenvalue weighted by Gasteiger charge is 2.67. The highest BCUT2D eigenvalue weighted by Crippen LogP contribution is 2.60. The van der Waals surface area contributed by atoms with Gasteiger partial charge in [0, 0.05) is 30.7 Å². The molecule has 1 N–H and O–H groups in total. The van der Waals surface area contributed by atoms with Crippen molar-refractivity contribution >= 4 is 71.1 Å². The molecule has 3 heterocycles. The lowest BCUT2D eigenvalue weighted by molar-refractivity contribution is -0.150. The van der Waals surface area contributed by atoms with Gasteiger partial charge in [-0.15, -0.1) is 0 Å². The van der Waals surface area contributed by atoms with Crippen LogP contribution in [0.1, 0.15) is 37.3 Å². The second-order valence-corrected chi connectivity index (χ2v) is 17.5. The van der Waals surface area contributed by atoms with E-state index in [0.717, 1.165) is 36.8 Å². The number of aliphatic hydroxyl groups is 1. The molecule has 0 aliphatic carbocycles. The van der Waals surface area contributed by atoms with Crippen LogP contribution in [0.25, 0.3) is 0 Å². The van der Waals surface area contributed by atoms with Crippen molar-refractivity contribution in [3.05, 3.63) is 60.7 Å². The summed E-state index contributed by atoms with van der Waals surface area (Å²) in [5.74, 6) is -0.763. The Hall–Kier alpha value is -1.09. The molecular formula is C28H33FI2N2O4Si. The standard InChI is InChI=1S/C28H33FI2N2O4Si/c1-17-26(38(2,3)29)24(14-25(35)32-11-5-8-21(32)16-34)37-28(17)22-13-20(31)9-10-23(22)33(27(28)36)15-18-6-4-7-19(30)12-18/h4,6-7,9-10,12-13,17,21,24,26,34H,5,8,11,14-16H2,1-3H3/t17-,21-,24+,26-,28+/m0/s1. The fourth-order valence-corrected chi connectivity index (χ4v) is 10.4. The van der Waals surface area contributed by atoms with Crippen LogP contribution >= 0.6 is 45.2 Å². The SMILES string of the molecule is C[C@H]1[C@H]([Si](C)(C)F)[C@@H](CC(=O)N2CCC[C@H]2CO)O[C@]12C(=O)N(Cc1cccc(I)c1)c1ccc(I)cc12. The molecule has 6 nitrogen and oxygen atoms in total. The quantitative estimate of drug-likeness (QED) is 0.237. The van der Waals surface area contributed by atoms with Gasteiger partial charge in [-0.05, 0) is 107 Å². The number of anilines is 1. The van der Waals surface area contributed by atoms with Gasteiger partial charge in [-0.3, -0.25) is 9.59 Å². The predicted molar refractivity (Wildman–Crippen MR) is 164 cm³/mol. The number of aliphatic hydroxyl groups excluding tert-OH is 1. The number of nitrogens with zero attached hydrogens (tertiary/aromatic N) is 2. The van der Waals surface area contributed by atoms with E-state index in [1.54, 1.807) is 22.9 Å². The second-order valence-electron chi connectivity index (χ2n) is 11.2. The summed E-state index contributed by atoms with van der Waals surface area (Å²) in [6.07, 6.45) is 0.902. The van der Waals surface area contributed by atoms with E-state index in [4.69, 9.17) is 4.74 Å². The molecule has 0 bridgehead atoms. The highest BCUT2D eigenvalue weighted by atomic mass is 127. The minimum absolute atomic E-state index is 0.0109. The van der Waals surface area contributed by atoms with Gasteiger partial charge in [0.25, 0.3) is 5.91 Å². The van der Waals surface area contributed by atoms with Gasteiger partial charge in [0.05, 0.1) is 37.4 Å². The van der Waals surface area contributed by atoms with Crippen LogP contribution in [0.2, 0.25) is 18.6 Å². The first kappa shape index (κ1) is 28.4. The first-order valence-electron chi connectivity index (χ1n) is 13.1. The minimum atomic E-state index is -3.36. The average Bonchev–Trinajstić information content (AvgIpc) is 3.50. The van der Waals surface area contributed by atoms with Crippen molar-refractivity contribution in [2.75, 3.05) is 18.1 Å². The molecule has 0 radical (unpaired) electrons. The Morgan fingerprint density at radius 3 is 2.63 bits per heavy atom. The van der Waals surface area contributed by atoms with Crippen LogP contribution in [0, 0.1) is 13.1 Å². The van der Waals surface area contributed by atoms with E-state index in [0.29, 0.717) is 13.1 Å². The van der Waals surface area contributed by atoms with Gasteiger partial charge in [-0.2, -0.15) is 0 Å². The zero-order chi connectivity index (χ0) is 27.4. The summed E-state index contributed by atoms with van der Waals surface area (Å²) in [6.45, 7) is 6.12. The number of hydrogen-bond acceptors (Lipinski definition) is 4. The first-order chi connectivity index (χ1) is 18.0. The number of ether oxygens (including phenoxy) is 1. The Bertz CT molecular complexity index is 1260. The van der Waals surface area contributed by atoms with E-state index < -0.39 is 31.6 Å². The zero-order valence-corrected chi connectivity index (χ0v) is 27.1. The number of hydrogen-bond donors (Lipinski definition) is 1. The van der Waals surface area contributed by atoms with E-state index in [1.807, 2.05) is 43.3 Å². The summed E-state index contributed by atoms with van der Waals surface area (Å²) in [5.41, 5.74) is 0.676. The van der Waals surface area contributed by atoms with Crippen LogP contribution in [-0.4, -0.2) is 55.5 Å². The zero-order valence-electron chi connectivity index (χ0n) is 21.8. The molecular weight excluding hydrogens is 729 g/mol. The summed E-state index contributed by atoms with van der Waals surface area (Å²) >= 11 is 4.50. The Morgan fingerprint density at radius 1 is 1.21 bits per heavy atom. The first-order valence-corrected chi connectivity index (χ1v) is 18.2. The monoisotopic (exact) mass is 762 g/mol. The van der Waals surface area contributed by atoms with Gasteiger partial charge >= 0.3 is 0 Å². The molecule has 2 amide bonds. The lowest BCUT2D eigenvalue weighted by atomic mass is 9.82. The topological polar surface area (TPSA) is 70.1 Å². The number of benzene rings is 2. The number of halogens is 3. The third-order valence-electron chi connectivity index (χ3n) is 8.44. The van der Waals surface area contributed by atoms with E-state index in [2.05, 4.69) is 51.2 Å². The molecule has 0 aromatic heterocycles. The average molecular weight is 762 g/mol. The lowest BCUT2D eigenvalue weighted by Crippen LogP contribution is -2.45. The molecule has 38 heavy (non-hydrogen) atoms. The third-order valence-corrected chi connectivity index (χ3v) is 12.2. The maximum atomic E-state index is 16.0. The normalized spacial score (nSPS) is 29.0. The van der Waals surface area contributed by atoms with Gasteiger partial charge < -0.3 is 23.8 Å². The van der Waals surface area contributed by atoms with Gasteiger partial charge in [0.15, 0.2) is 5.60 Å². The van der Waals surface area contributed by atoms with E-state index in [1.165, 1.54) is 0 Å². The van der Waals surface area contributed by atoms with Gasteiger partial charge in [-0.25, -0.2) is 0 Å². The number of carbonyl (C=O) groups excluding carboxylic acids is 2. The second kappa shape index (κ2) is 10.7. The molecule has 10 heteroatoms. The third kappa shape index (κ3) is 4.86. The molecule has 204 valence electrons.